The SMILES string of the molecule is COc1ccc(NC(=O)C[NH+]2CCN(c3cccc(Cl)c3)CC2)c([N+](=O)[O-])c1. The van der Waals surface area contributed by atoms with E-state index in [9.17, 15) is 14.9 Å². The van der Waals surface area contributed by atoms with Gasteiger partial charge in [0, 0.05) is 10.7 Å². The maximum Gasteiger partial charge on any atom is 0.296 e. The molecule has 0 radical (unpaired) electrons. The van der Waals surface area contributed by atoms with E-state index in [1.54, 1.807) is 6.07 Å². The standard InChI is InChI=1S/C19H21ClN4O4/c1-28-16-5-6-17(18(12-16)24(26)27)21-19(25)13-22-7-9-23(10-8-22)15-4-2-3-14(20)11-15/h2-6,11-12H,7-10,13H2,1H3,(H,21,25)/p+1. The van der Waals surface area contributed by atoms with Crippen LogP contribution in [0.4, 0.5) is 17.1 Å². The third-order valence-corrected chi connectivity index (χ3v) is 4.97. The molecule has 0 atom stereocenters. The molecule has 28 heavy (non-hydrogen) atoms. The number of nitro groups is 1. The molecule has 0 spiro atoms. The first-order chi connectivity index (χ1) is 13.5. The van der Waals surface area contributed by atoms with Crippen LogP contribution < -0.4 is 19.9 Å². The van der Waals surface area contributed by atoms with Crippen LogP contribution in [0.5, 0.6) is 5.75 Å². The van der Waals surface area contributed by atoms with Crippen LogP contribution in [0.3, 0.4) is 0 Å². The molecule has 2 aromatic carbocycles. The van der Waals surface area contributed by atoms with Crippen LogP contribution in [0.15, 0.2) is 42.5 Å². The van der Waals surface area contributed by atoms with Crippen molar-refractivity contribution in [2.45, 2.75) is 0 Å². The van der Waals surface area contributed by atoms with Crippen LogP contribution in [-0.4, -0.2) is 50.7 Å². The van der Waals surface area contributed by atoms with Crippen LogP contribution in [0.25, 0.3) is 0 Å². The highest BCUT2D eigenvalue weighted by Crippen LogP contribution is 2.28. The first-order valence-electron chi connectivity index (χ1n) is 8.92. The molecule has 8 nitrogen and oxygen atoms in total. The molecule has 2 aromatic rings. The Morgan fingerprint density at radius 2 is 2.04 bits per heavy atom. The second-order valence-electron chi connectivity index (χ2n) is 6.58. The largest absolute Gasteiger partial charge is 0.496 e. The molecule has 1 amide bonds. The van der Waals surface area contributed by atoms with E-state index >= 15 is 0 Å². The summed E-state index contributed by atoms with van der Waals surface area (Å²) < 4.78 is 5.01. The normalized spacial score (nSPS) is 14.6. The van der Waals surface area contributed by atoms with E-state index in [4.69, 9.17) is 16.3 Å². The Bertz CT molecular complexity index is 869. The number of amides is 1. The molecular formula is C19H22ClN4O4+. The van der Waals surface area contributed by atoms with Gasteiger partial charge in [0.1, 0.15) is 11.4 Å². The van der Waals surface area contributed by atoms with Gasteiger partial charge in [0.15, 0.2) is 6.54 Å². The predicted molar refractivity (Wildman–Crippen MR) is 108 cm³/mol. The summed E-state index contributed by atoms with van der Waals surface area (Å²) in [4.78, 5) is 26.5. The molecule has 9 heteroatoms. The van der Waals surface area contributed by atoms with Crippen molar-refractivity contribution >= 4 is 34.6 Å². The van der Waals surface area contributed by atoms with Gasteiger partial charge < -0.3 is 19.9 Å². The average molecular weight is 406 g/mol. The van der Waals surface area contributed by atoms with E-state index in [1.807, 2.05) is 24.3 Å². The molecule has 0 bridgehead atoms. The van der Waals surface area contributed by atoms with Gasteiger partial charge in [0.05, 0.1) is 44.3 Å². The summed E-state index contributed by atoms with van der Waals surface area (Å²) in [5.41, 5.74) is 1.06. The number of hydrogen-bond acceptors (Lipinski definition) is 5. The first-order valence-corrected chi connectivity index (χ1v) is 9.30. The summed E-state index contributed by atoms with van der Waals surface area (Å²) in [5, 5.41) is 14.6. The number of nitrogens with one attached hydrogen (secondary N) is 2. The number of halogens is 1. The highest BCUT2D eigenvalue weighted by Gasteiger charge is 2.24. The van der Waals surface area contributed by atoms with Crippen LogP contribution >= 0.6 is 11.6 Å². The van der Waals surface area contributed by atoms with E-state index in [1.165, 1.54) is 19.2 Å². The van der Waals surface area contributed by atoms with Crippen molar-refractivity contribution in [3.63, 3.8) is 0 Å². The third-order valence-electron chi connectivity index (χ3n) is 4.73. The number of ether oxygens (including phenoxy) is 1. The highest BCUT2D eigenvalue weighted by molar-refractivity contribution is 6.30. The molecule has 1 aliphatic rings. The van der Waals surface area contributed by atoms with Crippen LogP contribution in [0.1, 0.15) is 0 Å². The zero-order valence-corrected chi connectivity index (χ0v) is 16.2. The number of methoxy groups -OCH3 is 1. The fourth-order valence-corrected chi connectivity index (χ4v) is 3.43. The molecule has 2 N–H and O–H groups in total. The summed E-state index contributed by atoms with van der Waals surface area (Å²) in [6, 6.07) is 12.1. The molecule has 0 aromatic heterocycles. The Kier molecular flexibility index (Phi) is 6.33. The van der Waals surface area contributed by atoms with Gasteiger partial charge in [-0.25, -0.2) is 0 Å². The molecule has 0 aliphatic carbocycles. The van der Waals surface area contributed by atoms with Gasteiger partial charge in [-0.1, -0.05) is 17.7 Å². The summed E-state index contributed by atoms with van der Waals surface area (Å²) >= 11 is 6.05. The van der Waals surface area contributed by atoms with Crippen LogP contribution in [0.2, 0.25) is 5.02 Å². The maximum atomic E-state index is 12.4. The first kappa shape index (κ1) is 19.9. The zero-order chi connectivity index (χ0) is 20.1. The van der Waals surface area contributed by atoms with E-state index in [2.05, 4.69) is 10.2 Å². The Hall–Kier alpha value is -2.84. The highest BCUT2D eigenvalue weighted by atomic mass is 35.5. The Balaban J connectivity index is 1.56. The summed E-state index contributed by atoms with van der Waals surface area (Å²) in [6.07, 6.45) is 0. The second-order valence-corrected chi connectivity index (χ2v) is 7.02. The topological polar surface area (TPSA) is 89.2 Å². The van der Waals surface area contributed by atoms with Gasteiger partial charge in [-0.3, -0.25) is 14.9 Å². The maximum absolute atomic E-state index is 12.4. The lowest BCUT2D eigenvalue weighted by Crippen LogP contribution is -3.15. The Morgan fingerprint density at radius 3 is 2.68 bits per heavy atom. The van der Waals surface area contributed by atoms with Crippen molar-refractivity contribution in [2.24, 2.45) is 0 Å². The zero-order valence-electron chi connectivity index (χ0n) is 15.5. The number of benzene rings is 2. The number of piperazine rings is 1. The molecule has 1 fully saturated rings. The molecule has 148 valence electrons. The smallest absolute Gasteiger partial charge is 0.296 e. The number of carbonyl (C=O) groups is 1. The monoisotopic (exact) mass is 405 g/mol. The van der Waals surface area contributed by atoms with Crippen molar-refractivity contribution < 1.29 is 19.4 Å². The van der Waals surface area contributed by atoms with E-state index < -0.39 is 4.92 Å². The van der Waals surface area contributed by atoms with E-state index in [0.717, 1.165) is 36.8 Å². The van der Waals surface area contributed by atoms with Gasteiger partial charge in [-0.15, -0.1) is 0 Å². The molecule has 0 unspecified atom stereocenters. The van der Waals surface area contributed by atoms with Gasteiger partial charge in [-0.2, -0.15) is 0 Å². The number of nitro benzene ring substituents is 1. The lowest BCUT2D eigenvalue weighted by Gasteiger charge is -2.33. The van der Waals surface area contributed by atoms with Gasteiger partial charge in [0.2, 0.25) is 0 Å². The van der Waals surface area contributed by atoms with E-state index in [-0.39, 0.29) is 23.8 Å². The average Bonchev–Trinajstić information content (AvgIpc) is 2.68. The summed E-state index contributed by atoms with van der Waals surface area (Å²) in [7, 11) is 1.43. The Morgan fingerprint density at radius 1 is 1.29 bits per heavy atom. The van der Waals surface area contributed by atoms with Crippen LogP contribution in [0, 0.1) is 10.1 Å². The van der Waals surface area contributed by atoms with Crippen molar-refractivity contribution in [1.29, 1.82) is 0 Å². The minimum Gasteiger partial charge on any atom is -0.496 e. The molecule has 3 rings (SSSR count). The minimum atomic E-state index is -0.533. The van der Waals surface area contributed by atoms with Crippen LogP contribution in [-0.2, 0) is 4.79 Å². The molecule has 1 aliphatic heterocycles. The summed E-state index contributed by atoms with van der Waals surface area (Å²) in [5.74, 6) is 0.118. The molecule has 1 heterocycles. The minimum absolute atomic E-state index is 0.174. The van der Waals surface area contributed by atoms with Crippen molar-refractivity contribution in [2.75, 3.05) is 50.1 Å². The fraction of sp³-hybridized carbons (Fsp3) is 0.316. The third kappa shape index (κ3) is 4.90. The second kappa shape index (κ2) is 8.90. The number of rotatable bonds is 6. The predicted octanol–water partition coefficient (Wildman–Crippen LogP) is 1.60. The van der Waals surface area contributed by atoms with Gasteiger partial charge in [0.25, 0.3) is 11.6 Å². The van der Waals surface area contributed by atoms with Crippen molar-refractivity contribution in [3.05, 3.63) is 57.6 Å². The van der Waals surface area contributed by atoms with E-state index in [0.29, 0.717) is 10.8 Å². The molecular weight excluding hydrogens is 384 g/mol. The summed E-state index contributed by atoms with van der Waals surface area (Å²) in [6.45, 7) is 3.47. The number of quaternary nitrogens is 1. The fourth-order valence-electron chi connectivity index (χ4n) is 3.25. The number of anilines is 2. The van der Waals surface area contributed by atoms with Gasteiger partial charge in [-0.05, 0) is 30.3 Å². The Labute approximate surface area is 167 Å². The van der Waals surface area contributed by atoms with Crippen molar-refractivity contribution in [3.8, 4) is 5.75 Å². The number of carbonyl (C=O) groups excluding carboxylic acids is 1. The number of nitrogens with zero attached hydrogens (tertiary/aromatic N) is 2. The van der Waals surface area contributed by atoms with Gasteiger partial charge >= 0.3 is 0 Å². The number of hydrogen-bond donors (Lipinski definition) is 2. The van der Waals surface area contributed by atoms with Crippen molar-refractivity contribution in [1.82, 2.24) is 0 Å². The lowest BCUT2D eigenvalue weighted by molar-refractivity contribution is -0.892. The molecule has 1 saturated heterocycles. The lowest BCUT2D eigenvalue weighted by atomic mass is 10.2. The quantitative estimate of drug-likeness (QED) is 0.563. The molecule has 0 saturated carbocycles.